The third kappa shape index (κ3) is 7.04. The van der Waals surface area contributed by atoms with Crippen molar-refractivity contribution in [2.24, 2.45) is 11.5 Å². The lowest BCUT2D eigenvalue weighted by atomic mass is 10.1. The smallest absolute Gasteiger partial charge is 0.326 e. The molecule has 34 heavy (non-hydrogen) atoms. The number of nitrogens with zero attached hydrogens (tertiary/aromatic N) is 2. The van der Waals surface area contributed by atoms with Crippen molar-refractivity contribution in [2.45, 2.75) is 69.1 Å². The first-order chi connectivity index (χ1) is 16.0. The lowest BCUT2D eigenvalue weighted by molar-refractivity contribution is -0.150. The Morgan fingerprint density at radius 1 is 1.00 bits per heavy atom. The van der Waals surface area contributed by atoms with E-state index in [-0.39, 0.29) is 32.0 Å². The van der Waals surface area contributed by atoms with Gasteiger partial charge in [-0.2, -0.15) is 0 Å². The first-order valence-corrected chi connectivity index (χ1v) is 11.2. The minimum absolute atomic E-state index is 0.160. The van der Waals surface area contributed by atoms with E-state index in [2.05, 4.69) is 10.6 Å². The first kappa shape index (κ1) is 26.8. The van der Waals surface area contributed by atoms with Gasteiger partial charge < -0.3 is 42.1 Å². The predicted molar refractivity (Wildman–Crippen MR) is 118 cm³/mol. The third-order valence-corrected chi connectivity index (χ3v) is 5.97. The number of rotatable bonds is 11. The number of nitrogens with one attached hydrogen (secondary N) is 3. The van der Waals surface area contributed by atoms with Gasteiger partial charge in [0.15, 0.2) is 5.96 Å². The molecule has 3 amide bonds. The zero-order valence-electron chi connectivity index (χ0n) is 18.9. The monoisotopic (exact) mass is 483 g/mol. The molecule has 2 heterocycles. The number of amides is 3. The lowest BCUT2D eigenvalue weighted by Gasteiger charge is -2.30. The van der Waals surface area contributed by atoms with Gasteiger partial charge in [0.05, 0.1) is 12.5 Å². The molecule has 14 nitrogen and oxygen atoms in total. The van der Waals surface area contributed by atoms with Gasteiger partial charge in [-0.05, 0) is 38.5 Å². The van der Waals surface area contributed by atoms with Crippen molar-refractivity contribution < 1.29 is 34.2 Å². The van der Waals surface area contributed by atoms with Gasteiger partial charge in [0.2, 0.25) is 17.7 Å². The fourth-order valence-electron chi connectivity index (χ4n) is 4.33. The Kier molecular flexibility index (Phi) is 9.59. The molecule has 0 aromatic carbocycles. The van der Waals surface area contributed by atoms with Crippen LogP contribution in [-0.2, 0) is 24.0 Å². The summed E-state index contributed by atoms with van der Waals surface area (Å²) in [6.07, 6.45) is 1.64. The quantitative estimate of drug-likeness (QED) is 0.0935. The molecule has 190 valence electrons. The van der Waals surface area contributed by atoms with E-state index in [4.69, 9.17) is 22.0 Å². The number of likely N-dealkylation sites (tertiary alicyclic amines) is 2. The van der Waals surface area contributed by atoms with E-state index < -0.39 is 60.2 Å². The predicted octanol–water partition coefficient (Wildman–Crippen LogP) is -2.40. The summed E-state index contributed by atoms with van der Waals surface area (Å²) in [6.45, 7) is 0.764. The van der Waals surface area contributed by atoms with Crippen molar-refractivity contribution in [1.82, 2.24) is 20.4 Å². The Bertz CT molecular complexity index is 821. The Hall–Kier alpha value is -3.42. The van der Waals surface area contributed by atoms with Crippen molar-refractivity contribution in [3.05, 3.63) is 0 Å². The van der Waals surface area contributed by atoms with E-state index >= 15 is 0 Å². The van der Waals surface area contributed by atoms with E-state index in [0.717, 1.165) is 0 Å². The maximum Gasteiger partial charge on any atom is 0.326 e. The molecule has 4 atom stereocenters. The van der Waals surface area contributed by atoms with Crippen LogP contribution in [0.25, 0.3) is 0 Å². The molecule has 2 aliphatic rings. The number of carboxylic acids is 2. The standard InChI is InChI=1S/C20H33N7O7/c21-11(10-15(28)29)17(31)26-8-2-5-13(26)16(30)25-12(4-1-7-24-20(22)23)18(32)27-9-3-6-14(27)19(33)34/h11-14H,1-10,21H2,(H,25,30)(H,28,29)(H,33,34)(H4,22,23,24)/t11-,12-,13-,14-/m0/s1. The van der Waals surface area contributed by atoms with Crippen molar-refractivity contribution in [1.29, 1.82) is 5.41 Å². The molecule has 0 aliphatic carbocycles. The largest absolute Gasteiger partial charge is 0.481 e. The van der Waals surface area contributed by atoms with Gasteiger partial charge in [0.1, 0.15) is 18.1 Å². The molecule has 2 saturated heterocycles. The maximum absolute atomic E-state index is 13.2. The zero-order valence-corrected chi connectivity index (χ0v) is 18.9. The molecule has 0 radical (unpaired) electrons. The molecule has 14 heteroatoms. The highest BCUT2D eigenvalue weighted by Gasteiger charge is 2.40. The molecule has 9 N–H and O–H groups in total. The summed E-state index contributed by atoms with van der Waals surface area (Å²) in [5, 5.41) is 30.8. The molecule has 0 unspecified atom stereocenters. The second kappa shape index (κ2) is 12.2. The van der Waals surface area contributed by atoms with Gasteiger partial charge in [-0.1, -0.05) is 0 Å². The normalized spacial score (nSPS) is 21.6. The van der Waals surface area contributed by atoms with E-state index in [1.165, 1.54) is 9.80 Å². The molecule has 0 saturated carbocycles. The van der Waals surface area contributed by atoms with Crippen LogP contribution in [-0.4, -0.2) is 99.4 Å². The van der Waals surface area contributed by atoms with Gasteiger partial charge in [0, 0.05) is 19.6 Å². The molecule has 0 bridgehead atoms. The van der Waals surface area contributed by atoms with Crippen LogP contribution in [0.1, 0.15) is 44.9 Å². The summed E-state index contributed by atoms with van der Waals surface area (Å²) < 4.78 is 0. The Morgan fingerprint density at radius 3 is 2.15 bits per heavy atom. The molecule has 0 aromatic rings. The maximum atomic E-state index is 13.2. The summed E-state index contributed by atoms with van der Waals surface area (Å²) in [5.74, 6) is -4.36. The lowest BCUT2D eigenvalue weighted by Crippen LogP contribution is -2.56. The number of hydrogen-bond acceptors (Lipinski definition) is 7. The third-order valence-electron chi connectivity index (χ3n) is 5.97. The summed E-state index contributed by atoms with van der Waals surface area (Å²) >= 11 is 0. The second-order valence-corrected chi connectivity index (χ2v) is 8.47. The number of carboxylic acid groups (broad SMARTS) is 2. The number of nitrogens with two attached hydrogens (primary N) is 2. The van der Waals surface area contributed by atoms with Gasteiger partial charge in [-0.25, -0.2) is 4.79 Å². The highest BCUT2D eigenvalue weighted by molar-refractivity contribution is 5.95. The van der Waals surface area contributed by atoms with Crippen molar-refractivity contribution in [3.63, 3.8) is 0 Å². The average Bonchev–Trinajstić information content (AvgIpc) is 3.43. The molecule has 0 spiro atoms. The SMILES string of the molecule is N=C(N)NCCC[C@H](NC(=O)[C@@H]1CCCN1C(=O)[C@@H](N)CC(=O)O)C(=O)N1CCC[C@H]1C(=O)O. The molecule has 2 aliphatic heterocycles. The number of hydrogen-bond donors (Lipinski definition) is 7. The fraction of sp³-hybridized carbons (Fsp3) is 0.700. The van der Waals surface area contributed by atoms with Crippen molar-refractivity contribution in [3.8, 4) is 0 Å². The second-order valence-electron chi connectivity index (χ2n) is 8.47. The topological polar surface area (TPSA) is 232 Å². The van der Waals surface area contributed by atoms with Crippen LogP contribution in [0.5, 0.6) is 0 Å². The number of aliphatic carboxylic acids is 2. The summed E-state index contributed by atoms with van der Waals surface area (Å²) in [5.41, 5.74) is 10.9. The van der Waals surface area contributed by atoms with Gasteiger partial charge in [-0.3, -0.25) is 24.6 Å². The highest BCUT2D eigenvalue weighted by Crippen LogP contribution is 2.22. The van der Waals surface area contributed by atoms with Crippen LogP contribution in [0.2, 0.25) is 0 Å². The van der Waals surface area contributed by atoms with Crippen molar-refractivity contribution >= 4 is 35.6 Å². The summed E-state index contributed by atoms with van der Waals surface area (Å²) in [7, 11) is 0. The molecule has 0 aromatic heterocycles. The van der Waals surface area contributed by atoms with E-state index in [1.807, 2.05) is 0 Å². The Morgan fingerprint density at radius 2 is 1.59 bits per heavy atom. The zero-order chi connectivity index (χ0) is 25.4. The van der Waals surface area contributed by atoms with Gasteiger partial charge in [-0.15, -0.1) is 0 Å². The first-order valence-electron chi connectivity index (χ1n) is 11.2. The van der Waals surface area contributed by atoms with E-state index in [9.17, 15) is 29.1 Å². The summed E-state index contributed by atoms with van der Waals surface area (Å²) in [6, 6.07) is -4.21. The number of carbonyl (C=O) groups excluding carboxylic acids is 3. The molecular formula is C20H33N7O7. The van der Waals surface area contributed by atoms with Gasteiger partial charge >= 0.3 is 11.9 Å². The number of guanidine groups is 1. The van der Waals surface area contributed by atoms with Crippen LogP contribution in [0.4, 0.5) is 0 Å². The Labute approximate surface area is 196 Å². The van der Waals surface area contributed by atoms with Crippen LogP contribution in [0.15, 0.2) is 0 Å². The van der Waals surface area contributed by atoms with Crippen LogP contribution < -0.4 is 22.1 Å². The van der Waals surface area contributed by atoms with Crippen LogP contribution >= 0.6 is 0 Å². The fourth-order valence-corrected chi connectivity index (χ4v) is 4.33. The molecule has 2 rings (SSSR count). The molecular weight excluding hydrogens is 450 g/mol. The minimum atomic E-state index is -1.29. The minimum Gasteiger partial charge on any atom is -0.481 e. The van der Waals surface area contributed by atoms with Crippen LogP contribution in [0, 0.1) is 5.41 Å². The van der Waals surface area contributed by atoms with Gasteiger partial charge in [0.25, 0.3) is 0 Å². The molecule has 2 fully saturated rings. The average molecular weight is 484 g/mol. The van der Waals surface area contributed by atoms with Crippen molar-refractivity contribution in [2.75, 3.05) is 19.6 Å². The summed E-state index contributed by atoms with van der Waals surface area (Å²) in [4.78, 5) is 63.8. The Balaban J connectivity index is 2.12. The van der Waals surface area contributed by atoms with E-state index in [1.54, 1.807) is 0 Å². The van der Waals surface area contributed by atoms with Crippen LogP contribution in [0.3, 0.4) is 0 Å². The highest BCUT2D eigenvalue weighted by atomic mass is 16.4. The number of carbonyl (C=O) groups is 5. The van der Waals surface area contributed by atoms with E-state index in [0.29, 0.717) is 32.1 Å².